The predicted molar refractivity (Wildman–Crippen MR) is 55.7 cm³/mol. The van der Waals surface area contributed by atoms with Crippen LogP contribution in [0.15, 0.2) is 30.6 Å². The minimum absolute atomic E-state index is 0.330. The van der Waals surface area contributed by atoms with Crippen molar-refractivity contribution in [2.24, 2.45) is 0 Å². The molecule has 0 bridgehead atoms. The highest BCUT2D eigenvalue weighted by atomic mass is 35.5. The Bertz CT molecular complexity index is 484. The first-order chi connectivity index (χ1) is 7.29. The standard InChI is InChI=1S/C10H6ClN3O/c11-7-1-2-9(13-5-7)10-12-4-3-8(6-15)14-10/h1-6H. The number of hydrogen-bond acceptors (Lipinski definition) is 4. The number of nitrogens with zero attached hydrogens (tertiary/aromatic N) is 3. The summed E-state index contributed by atoms with van der Waals surface area (Å²) in [5.41, 5.74) is 0.917. The zero-order valence-corrected chi connectivity index (χ0v) is 8.35. The van der Waals surface area contributed by atoms with Crippen LogP contribution in [0.25, 0.3) is 11.5 Å². The number of aromatic nitrogens is 3. The molecule has 0 radical (unpaired) electrons. The van der Waals surface area contributed by atoms with Crippen LogP contribution in [0, 0.1) is 0 Å². The van der Waals surface area contributed by atoms with Crippen molar-refractivity contribution < 1.29 is 4.79 Å². The zero-order chi connectivity index (χ0) is 10.7. The molecule has 0 amide bonds. The van der Waals surface area contributed by atoms with Gasteiger partial charge in [0, 0.05) is 12.4 Å². The SMILES string of the molecule is O=Cc1ccnc(-c2ccc(Cl)cn2)n1. The number of pyridine rings is 1. The average molecular weight is 220 g/mol. The first-order valence-electron chi connectivity index (χ1n) is 4.20. The van der Waals surface area contributed by atoms with E-state index in [0.717, 1.165) is 0 Å². The second-order valence-electron chi connectivity index (χ2n) is 2.78. The van der Waals surface area contributed by atoms with Crippen molar-refractivity contribution in [3.63, 3.8) is 0 Å². The summed E-state index contributed by atoms with van der Waals surface area (Å²) in [6, 6.07) is 4.93. The number of hydrogen-bond donors (Lipinski definition) is 0. The van der Waals surface area contributed by atoms with Crippen molar-refractivity contribution in [1.29, 1.82) is 0 Å². The Balaban J connectivity index is 2.44. The molecule has 0 aliphatic carbocycles. The second kappa shape index (κ2) is 4.14. The van der Waals surface area contributed by atoms with Gasteiger partial charge in [0.2, 0.25) is 0 Å². The summed E-state index contributed by atoms with van der Waals surface area (Å²) in [5, 5.41) is 0.547. The summed E-state index contributed by atoms with van der Waals surface area (Å²) < 4.78 is 0. The molecule has 0 aromatic carbocycles. The van der Waals surface area contributed by atoms with Gasteiger partial charge in [0.15, 0.2) is 12.1 Å². The Morgan fingerprint density at radius 1 is 1.20 bits per heavy atom. The highest BCUT2D eigenvalue weighted by Gasteiger charge is 2.03. The minimum atomic E-state index is 0.330. The molecule has 15 heavy (non-hydrogen) atoms. The smallest absolute Gasteiger partial charge is 0.178 e. The molecule has 0 saturated heterocycles. The Hall–Kier alpha value is -1.81. The van der Waals surface area contributed by atoms with Crippen molar-refractivity contribution in [3.05, 3.63) is 41.3 Å². The molecule has 0 unspecified atom stereocenters. The maximum atomic E-state index is 10.5. The fourth-order valence-electron chi connectivity index (χ4n) is 1.07. The first kappa shape index (κ1) is 9.73. The molecule has 0 fully saturated rings. The number of carbonyl (C=O) groups excluding carboxylic acids is 1. The van der Waals surface area contributed by atoms with Crippen molar-refractivity contribution in [1.82, 2.24) is 15.0 Å². The molecular formula is C10H6ClN3O. The summed E-state index contributed by atoms with van der Waals surface area (Å²) in [6.07, 6.45) is 3.69. The van der Waals surface area contributed by atoms with Crippen LogP contribution in [0.3, 0.4) is 0 Å². The molecule has 74 valence electrons. The van der Waals surface area contributed by atoms with Crippen LogP contribution >= 0.6 is 11.6 Å². The largest absolute Gasteiger partial charge is 0.296 e. The van der Waals surface area contributed by atoms with E-state index in [0.29, 0.717) is 28.5 Å². The fourth-order valence-corrected chi connectivity index (χ4v) is 1.18. The molecule has 0 saturated carbocycles. The average Bonchev–Trinajstić information content (AvgIpc) is 2.30. The van der Waals surface area contributed by atoms with E-state index in [9.17, 15) is 4.79 Å². The molecule has 4 nitrogen and oxygen atoms in total. The van der Waals surface area contributed by atoms with Crippen molar-refractivity contribution in [2.75, 3.05) is 0 Å². The van der Waals surface area contributed by atoms with Crippen molar-refractivity contribution >= 4 is 17.9 Å². The van der Waals surface area contributed by atoms with Crippen LogP contribution in [0.1, 0.15) is 10.5 Å². The molecule has 0 atom stereocenters. The molecule has 2 aromatic rings. The van der Waals surface area contributed by atoms with Gasteiger partial charge in [-0.25, -0.2) is 9.97 Å². The van der Waals surface area contributed by atoms with Gasteiger partial charge in [0.1, 0.15) is 11.4 Å². The van der Waals surface area contributed by atoms with E-state index in [1.54, 1.807) is 12.1 Å². The summed E-state index contributed by atoms with van der Waals surface area (Å²) in [7, 11) is 0. The molecular weight excluding hydrogens is 214 g/mol. The Morgan fingerprint density at radius 3 is 2.73 bits per heavy atom. The van der Waals surface area contributed by atoms with Crippen LogP contribution in [0.5, 0.6) is 0 Å². The minimum Gasteiger partial charge on any atom is -0.296 e. The van der Waals surface area contributed by atoms with Crippen molar-refractivity contribution in [3.8, 4) is 11.5 Å². The van der Waals surface area contributed by atoms with E-state index in [1.807, 2.05) is 0 Å². The molecule has 0 N–H and O–H groups in total. The maximum Gasteiger partial charge on any atom is 0.178 e. The third kappa shape index (κ3) is 2.16. The fraction of sp³-hybridized carbons (Fsp3) is 0. The van der Waals surface area contributed by atoms with Gasteiger partial charge in [-0.1, -0.05) is 11.6 Å². The van der Waals surface area contributed by atoms with Crippen molar-refractivity contribution in [2.45, 2.75) is 0 Å². The van der Waals surface area contributed by atoms with Gasteiger partial charge in [-0.3, -0.25) is 9.78 Å². The molecule has 5 heteroatoms. The van der Waals surface area contributed by atoms with E-state index in [2.05, 4.69) is 15.0 Å². The van der Waals surface area contributed by atoms with Crippen LogP contribution in [-0.2, 0) is 0 Å². The number of halogens is 1. The van der Waals surface area contributed by atoms with E-state index in [-0.39, 0.29) is 0 Å². The molecule has 0 aliphatic rings. The van der Waals surface area contributed by atoms with Gasteiger partial charge < -0.3 is 0 Å². The van der Waals surface area contributed by atoms with Gasteiger partial charge in [-0.05, 0) is 18.2 Å². The molecule has 2 aromatic heterocycles. The number of carbonyl (C=O) groups is 1. The Morgan fingerprint density at radius 2 is 2.07 bits per heavy atom. The van der Waals surface area contributed by atoms with Gasteiger partial charge in [0.05, 0.1) is 5.02 Å². The van der Waals surface area contributed by atoms with Crippen LogP contribution < -0.4 is 0 Å². The van der Waals surface area contributed by atoms with Gasteiger partial charge >= 0.3 is 0 Å². The summed E-state index contributed by atoms with van der Waals surface area (Å²) in [4.78, 5) is 22.6. The van der Waals surface area contributed by atoms with Crippen LogP contribution in [0.4, 0.5) is 0 Å². The molecule has 2 rings (SSSR count). The van der Waals surface area contributed by atoms with E-state index in [4.69, 9.17) is 11.6 Å². The zero-order valence-electron chi connectivity index (χ0n) is 7.59. The third-order valence-electron chi connectivity index (χ3n) is 1.75. The lowest BCUT2D eigenvalue weighted by Gasteiger charge is -1.98. The highest BCUT2D eigenvalue weighted by Crippen LogP contribution is 2.14. The third-order valence-corrected chi connectivity index (χ3v) is 1.98. The quantitative estimate of drug-likeness (QED) is 0.725. The summed E-state index contributed by atoms with van der Waals surface area (Å²) >= 11 is 5.70. The second-order valence-corrected chi connectivity index (χ2v) is 3.22. The topological polar surface area (TPSA) is 55.7 Å². The summed E-state index contributed by atoms with van der Waals surface area (Å²) in [6.45, 7) is 0. The molecule has 0 aliphatic heterocycles. The van der Waals surface area contributed by atoms with Crippen LogP contribution in [-0.4, -0.2) is 21.2 Å². The maximum absolute atomic E-state index is 10.5. The number of aldehydes is 1. The van der Waals surface area contributed by atoms with Gasteiger partial charge in [-0.2, -0.15) is 0 Å². The predicted octanol–water partition coefficient (Wildman–Crippen LogP) is 2.00. The highest BCUT2D eigenvalue weighted by molar-refractivity contribution is 6.30. The Labute approximate surface area is 91.0 Å². The lowest BCUT2D eigenvalue weighted by atomic mass is 10.3. The van der Waals surface area contributed by atoms with E-state index >= 15 is 0 Å². The monoisotopic (exact) mass is 219 g/mol. The number of rotatable bonds is 2. The molecule has 2 heterocycles. The van der Waals surface area contributed by atoms with Gasteiger partial charge in [-0.15, -0.1) is 0 Å². The first-order valence-corrected chi connectivity index (χ1v) is 4.57. The summed E-state index contributed by atoms with van der Waals surface area (Å²) in [5.74, 6) is 0.413. The lowest BCUT2D eigenvalue weighted by Crippen LogP contribution is -1.94. The Kier molecular flexibility index (Phi) is 2.69. The van der Waals surface area contributed by atoms with E-state index < -0.39 is 0 Å². The molecule has 0 spiro atoms. The van der Waals surface area contributed by atoms with Crippen LogP contribution in [0.2, 0.25) is 5.02 Å². The van der Waals surface area contributed by atoms with Gasteiger partial charge in [0.25, 0.3) is 0 Å². The lowest BCUT2D eigenvalue weighted by molar-refractivity contribution is 0.111. The normalized spacial score (nSPS) is 9.93. The van der Waals surface area contributed by atoms with E-state index in [1.165, 1.54) is 18.5 Å².